The van der Waals surface area contributed by atoms with E-state index in [0.717, 1.165) is 21.3 Å². The van der Waals surface area contributed by atoms with Gasteiger partial charge in [0.2, 0.25) is 11.7 Å². The maximum atomic E-state index is 13.5. The molecule has 3 rings (SSSR count). The van der Waals surface area contributed by atoms with Crippen molar-refractivity contribution >= 4 is 5.78 Å². The first kappa shape index (κ1) is 24.8. The number of nitriles is 1. The van der Waals surface area contributed by atoms with Crippen molar-refractivity contribution in [3.05, 3.63) is 92.3 Å². The number of hydrogen-bond donors (Lipinski definition) is 1. The van der Waals surface area contributed by atoms with Crippen molar-refractivity contribution in [1.29, 1.82) is 5.26 Å². The molecule has 0 saturated carbocycles. The number of carbonyl (C=O) groups is 1. The summed E-state index contributed by atoms with van der Waals surface area (Å²) in [6.07, 6.45) is -0.951. The van der Waals surface area contributed by atoms with Crippen LogP contribution in [0.25, 0.3) is 0 Å². The lowest BCUT2D eigenvalue weighted by molar-refractivity contribution is 0.0810. The zero-order chi connectivity index (χ0) is 25.2. The molecule has 0 bridgehead atoms. The van der Waals surface area contributed by atoms with Crippen molar-refractivity contribution in [2.75, 3.05) is 0 Å². The van der Waals surface area contributed by atoms with E-state index in [4.69, 9.17) is 4.74 Å². The van der Waals surface area contributed by atoms with Gasteiger partial charge in [0, 0.05) is 0 Å². The predicted molar refractivity (Wildman–Crippen MR) is 132 cm³/mol. The molecule has 0 amide bonds. The fourth-order valence-electron chi connectivity index (χ4n) is 4.12. The minimum Gasteiger partial charge on any atom is -0.494 e. The minimum atomic E-state index is -0.951. The monoisotopic (exact) mass is 458 g/mol. The van der Waals surface area contributed by atoms with E-state index in [2.05, 4.69) is 0 Å². The molecule has 0 fully saturated rings. The fourth-order valence-corrected chi connectivity index (χ4v) is 4.12. The second-order valence-electron chi connectivity index (χ2n) is 8.89. The number of carbonyl (C=O) groups excluding carboxylic acids is 1. The maximum Gasteiger partial charge on any atom is 0.272 e. The molecule has 1 N–H and O–H groups in total. The zero-order valence-corrected chi connectivity index (χ0v) is 20.4. The van der Waals surface area contributed by atoms with Crippen LogP contribution in [-0.4, -0.2) is 21.6 Å². The molecule has 1 heterocycles. The number of aromatic hydroxyl groups is 1. The summed E-state index contributed by atoms with van der Waals surface area (Å²) in [7, 11) is 0. The van der Waals surface area contributed by atoms with Crippen LogP contribution in [0.4, 0.5) is 0 Å². The second-order valence-corrected chi connectivity index (χ2v) is 8.89. The van der Waals surface area contributed by atoms with Crippen LogP contribution in [0.15, 0.2) is 53.3 Å². The summed E-state index contributed by atoms with van der Waals surface area (Å²) in [5.74, 6) is -0.185. The van der Waals surface area contributed by atoms with Gasteiger partial charge in [-0.25, -0.2) is 0 Å². The number of aryl methyl sites for hydroxylation is 1. The summed E-state index contributed by atoms with van der Waals surface area (Å²) in [5.41, 5.74) is 1.98. The van der Waals surface area contributed by atoms with E-state index >= 15 is 0 Å². The Labute approximate surface area is 200 Å². The molecule has 2 aromatic carbocycles. The van der Waals surface area contributed by atoms with Crippen molar-refractivity contribution in [2.45, 2.75) is 59.6 Å². The van der Waals surface area contributed by atoms with E-state index in [1.807, 2.05) is 75.4 Å². The first-order valence-corrected chi connectivity index (χ1v) is 11.3. The standard InChI is InChI=1S/C28H30N2O4/c1-16(2)22-13-12-17(3)14-24(22)34-20(6)26(31)25-18(4)23(15-29)27(32)30(28(25)33)19(5)21-10-8-7-9-11-21/h7-14,16,19-20,33H,1-6H3. The highest BCUT2D eigenvalue weighted by molar-refractivity contribution is 6.03. The second kappa shape index (κ2) is 9.96. The van der Waals surface area contributed by atoms with Crippen molar-refractivity contribution in [3.8, 4) is 17.7 Å². The van der Waals surface area contributed by atoms with E-state index in [9.17, 15) is 20.0 Å². The topological polar surface area (TPSA) is 92.3 Å². The normalized spacial score (nSPS) is 12.8. The Morgan fingerprint density at radius 2 is 1.71 bits per heavy atom. The molecular weight excluding hydrogens is 428 g/mol. The van der Waals surface area contributed by atoms with Crippen LogP contribution in [0.1, 0.15) is 77.8 Å². The van der Waals surface area contributed by atoms with Gasteiger partial charge in [-0.3, -0.25) is 14.2 Å². The Kier molecular flexibility index (Phi) is 7.26. The SMILES string of the molecule is Cc1ccc(C(C)C)c(OC(C)C(=O)c2c(C)c(C#N)c(=O)n(C(C)c3ccccc3)c2O)c1. The third-order valence-electron chi connectivity index (χ3n) is 6.13. The maximum absolute atomic E-state index is 13.5. The lowest BCUT2D eigenvalue weighted by Gasteiger charge is -2.23. The van der Waals surface area contributed by atoms with Crippen molar-refractivity contribution in [1.82, 2.24) is 4.57 Å². The van der Waals surface area contributed by atoms with Gasteiger partial charge in [0.25, 0.3) is 5.56 Å². The molecule has 6 nitrogen and oxygen atoms in total. The number of pyridine rings is 1. The fraction of sp³-hybridized carbons (Fsp3) is 0.321. The molecule has 0 aliphatic heterocycles. The van der Waals surface area contributed by atoms with Crippen LogP contribution in [0.3, 0.4) is 0 Å². The molecule has 3 aromatic rings. The summed E-state index contributed by atoms with van der Waals surface area (Å²) in [6, 6.07) is 16.3. The van der Waals surface area contributed by atoms with Gasteiger partial charge in [-0.1, -0.05) is 56.3 Å². The molecule has 176 valence electrons. The lowest BCUT2D eigenvalue weighted by atomic mass is 9.97. The Bertz CT molecular complexity index is 1320. The van der Waals surface area contributed by atoms with Gasteiger partial charge in [0.1, 0.15) is 17.4 Å². The first-order chi connectivity index (χ1) is 16.1. The molecule has 2 unspecified atom stereocenters. The van der Waals surface area contributed by atoms with Gasteiger partial charge in [-0.15, -0.1) is 0 Å². The van der Waals surface area contributed by atoms with Crippen LogP contribution < -0.4 is 10.3 Å². The minimum absolute atomic E-state index is 0.0785. The first-order valence-electron chi connectivity index (χ1n) is 11.3. The third kappa shape index (κ3) is 4.60. The van der Waals surface area contributed by atoms with Crippen molar-refractivity contribution < 1.29 is 14.6 Å². The van der Waals surface area contributed by atoms with Crippen molar-refractivity contribution in [3.63, 3.8) is 0 Å². The Balaban J connectivity index is 2.11. The smallest absolute Gasteiger partial charge is 0.272 e. The molecule has 1 aromatic heterocycles. The van der Waals surface area contributed by atoms with Gasteiger partial charge in [0.15, 0.2) is 6.10 Å². The number of ether oxygens (including phenoxy) is 1. The quantitative estimate of drug-likeness (QED) is 0.477. The van der Waals surface area contributed by atoms with E-state index in [-0.39, 0.29) is 22.6 Å². The number of nitrogens with zero attached hydrogens (tertiary/aromatic N) is 2. The highest BCUT2D eigenvalue weighted by atomic mass is 16.5. The van der Waals surface area contributed by atoms with Crippen LogP contribution >= 0.6 is 0 Å². The number of Topliss-reactive ketones (excluding diaryl/α,β-unsaturated/α-hetero) is 1. The lowest BCUT2D eigenvalue weighted by Crippen LogP contribution is -2.32. The zero-order valence-electron chi connectivity index (χ0n) is 20.4. The largest absolute Gasteiger partial charge is 0.494 e. The molecule has 34 heavy (non-hydrogen) atoms. The molecule has 2 atom stereocenters. The average molecular weight is 459 g/mol. The average Bonchev–Trinajstić information content (AvgIpc) is 2.79. The summed E-state index contributed by atoms with van der Waals surface area (Å²) < 4.78 is 7.18. The van der Waals surface area contributed by atoms with E-state index < -0.39 is 29.4 Å². The Morgan fingerprint density at radius 3 is 2.29 bits per heavy atom. The van der Waals surface area contributed by atoms with Crippen molar-refractivity contribution in [2.24, 2.45) is 0 Å². The highest BCUT2D eigenvalue weighted by Gasteiger charge is 2.30. The van der Waals surface area contributed by atoms with Crippen LogP contribution in [0, 0.1) is 25.2 Å². The van der Waals surface area contributed by atoms with Gasteiger partial charge in [-0.05, 0) is 61.9 Å². The Hall–Kier alpha value is -3.85. The third-order valence-corrected chi connectivity index (χ3v) is 6.13. The van der Waals surface area contributed by atoms with Gasteiger partial charge in [-0.2, -0.15) is 5.26 Å². The summed E-state index contributed by atoms with van der Waals surface area (Å²) in [5, 5.41) is 20.8. The molecule has 6 heteroatoms. The molecule has 0 saturated heterocycles. The van der Waals surface area contributed by atoms with E-state index in [1.165, 1.54) is 6.92 Å². The van der Waals surface area contributed by atoms with Gasteiger partial charge < -0.3 is 9.84 Å². The molecule has 0 spiro atoms. The van der Waals surface area contributed by atoms with Crippen LogP contribution in [0.5, 0.6) is 11.6 Å². The molecule has 0 aliphatic rings. The van der Waals surface area contributed by atoms with Crippen LogP contribution in [0.2, 0.25) is 0 Å². The molecular formula is C28H30N2O4. The molecule has 0 radical (unpaired) electrons. The van der Waals surface area contributed by atoms with E-state index in [1.54, 1.807) is 13.8 Å². The number of rotatable bonds is 7. The van der Waals surface area contributed by atoms with Gasteiger partial charge in [0.05, 0.1) is 11.6 Å². The highest BCUT2D eigenvalue weighted by Crippen LogP contribution is 2.32. The number of hydrogen-bond acceptors (Lipinski definition) is 5. The number of aromatic nitrogens is 1. The molecule has 0 aliphatic carbocycles. The summed E-state index contributed by atoms with van der Waals surface area (Å²) in [6.45, 7) is 10.9. The predicted octanol–water partition coefficient (Wildman–Crippen LogP) is 5.43. The van der Waals surface area contributed by atoms with Gasteiger partial charge >= 0.3 is 0 Å². The Morgan fingerprint density at radius 1 is 1.06 bits per heavy atom. The van der Waals surface area contributed by atoms with Crippen LogP contribution in [-0.2, 0) is 0 Å². The number of benzene rings is 2. The summed E-state index contributed by atoms with van der Waals surface area (Å²) >= 11 is 0. The van der Waals surface area contributed by atoms with E-state index in [0.29, 0.717) is 5.75 Å². The summed E-state index contributed by atoms with van der Waals surface area (Å²) in [4.78, 5) is 26.6. The number of ketones is 1.